The molecule has 0 aliphatic carbocycles. The van der Waals surface area contributed by atoms with Crippen LogP contribution in [0.4, 0.5) is 0 Å². The average Bonchev–Trinajstić information content (AvgIpc) is 2.42. The molecule has 0 radical (unpaired) electrons. The molecule has 0 saturated heterocycles. The van der Waals surface area contributed by atoms with E-state index >= 15 is 0 Å². The minimum absolute atomic E-state index is 0.0256. The van der Waals surface area contributed by atoms with Crippen molar-refractivity contribution in [3.05, 3.63) is 29.3 Å². The van der Waals surface area contributed by atoms with E-state index < -0.39 is 0 Å². The summed E-state index contributed by atoms with van der Waals surface area (Å²) < 4.78 is 9.75. The Morgan fingerprint density at radius 3 is 1.77 bits per heavy atom. The van der Waals surface area contributed by atoms with E-state index in [-0.39, 0.29) is 18.6 Å². The lowest BCUT2D eigenvalue weighted by atomic mass is 9.86. The highest BCUT2D eigenvalue weighted by molar-refractivity contribution is 5.39. The van der Waals surface area contributed by atoms with Gasteiger partial charge in [0.05, 0.1) is 39.6 Å². The van der Waals surface area contributed by atoms with Crippen molar-refractivity contribution in [1.82, 2.24) is 0 Å². The Morgan fingerprint density at radius 1 is 0.909 bits per heavy atom. The predicted molar refractivity (Wildman–Crippen MR) is 87.4 cm³/mol. The number of aryl methyl sites for hydroxylation is 1. The van der Waals surface area contributed by atoms with Gasteiger partial charge in [0.25, 0.3) is 0 Å². The third-order valence-electron chi connectivity index (χ3n) is 2.80. The van der Waals surface area contributed by atoms with Crippen molar-refractivity contribution >= 4 is 0 Å². The molecule has 0 heterocycles. The molecule has 0 fully saturated rings. The van der Waals surface area contributed by atoms with Gasteiger partial charge >= 0.3 is 0 Å². The van der Waals surface area contributed by atoms with Gasteiger partial charge in [0.1, 0.15) is 5.75 Å². The fourth-order valence-corrected chi connectivity index (χ4v) is 1.73. The number of aliphatic hydroxyl groups is 2. The third kappa shape index (κ3) is 9.73. The molecule has 1 aromatic rings. The number of hydrogen-bond acceptors (Lipinski definition) is 5. The van der Waals surface area contributed by atoms with Gasteiger partial charge in [-0.15, -0.1) is 0 Å². The second-order valence-electron chi connectivity index (χ2n) is 5.94. The molecule has 0 unspecified atom stereocenters. The van der Waals surface area contributed by atoms with Crippen molar-refractivity contribution in [2.24, 2.45) is 0 Å². The van der Waals surface area contributed by atoms with Crippen molar-refractivity contribution in [2.75, 3.05) is 39.6 Å². The van der Waals surface area contributed by atoms with Gasteiger partial charge in [0.15, 0.2) is 0 Å². The van der Waals surface area contributed by atoms with E-state index in [0.717, 1.165) is 11.1 Å². The van der Waals surface area contributed by atoms with Crippen molar-refractivity contribution in [2.45, 2.75) is 33.1 Å². The van der Waals surface area contributed by atoms with Crippen LogP contribution >= 0.6 is 0 Å². The lowest BCUT2D eigenvalue weighted by Crippen LogP contribution is -2.11. The molecule has 0 spiro atoms. The molecule has 0 atom stereocenters. The molecule has 128 valence electrons. The molecule has 22 heavy (non-hydrogen) atoms. The first-order chi connectivity index (χ1) is 10.3. The summed E-state index contributed by atoms with van der Waals surface area (Å²) in [6, 6.07) is 5.82. The fraction of sp³-hybridized carbons (Fsp3) is 0.647. The molecule has 1 aromatic carbocycles. The summed E-state index contributed by atoms with van der Waals surface area (Å²) in [5, 5.41) is 26.2. The molecule has 0 aromatic heterocycles. The van der Waals surface area contributed by atoms with Gasteiger partial charge in [0, 0.05) is 0 Å². The standard InChI is InChI=1S/C11H16O.C6H14O4/c1-8-5-6-9(10(12)7-8)11(2,3)4;7-1-3-9-5-6-10-4-2-8/h5-7,12H,1-4H3;7-8H,1-6H2. The number of benzene rings is 1. The normalized spacial score (nSPS) is 11.0. The van der Waals surface area contributed by atoms with Crippen LogP contribution in [0, 0.1) is 6.92 Å². The van der Waals surface area contributed by atoms with Crippen molar-refractivity contribution in [1.29, 1.82) is 0 Å². The number of aromatic hydroxyl groups is 1. The van der Waals surface area contributed by atoms with Crippen LogP contribution in [0.25, 0.3) is 0 Å². The van der Waals surface area contributed by atoms with Gasteiger partial charge in [0.2, 0.25) is 0 Å². The molecular formula is C17H30O5. The van der Waals surface area contributed by atoms with Crippen LogP contribution in [0.3, 0.4) is 0 Å². The molecule has 0 aliphatic rings. The fourth-order valence-electron chi connectivity index (χ4n) is 1.73. The Kier molecular flexibility index (Phi) is 10.8. The number of aliphatic hydroxyl groups excluding tert-OH is 2. The van der Waals surface area contributed by atoms with E-state index in [9.17, 15) is 5.11 Å². The minimum atomic E-state index is 0.0256. The smallest absolute Gasteiger partial charge is 0.119 e. The van der Waals surface area contributed by atoms with Gasteiger partial charge in [-0.05, 0) is 29.5 Å². The molecule has 5 heteroatoms. The maximum absolute atomic E-state index is 9.63. The Bertz CT molecular complexity index is 391. The molecule has 0 amide bonds. The minimum Gasteiger partial charge on any atom is -0.508 e. The van der Waals surface area contributed by atoms with E-state index in [1.54, 1.807) is 6.07 Å². The molecule has 3 N–H and O–H groups in total. The lowest BCUT2D eigenvalue weighted by Gasteiger charge is -2.20. The molecule has 0 saturated carbocycles. The summed E-state index contributed by atoms with van der Waals surface area (Å²) in [5.74, 6) is 0.405. The van der Waals surface area contributed by atoms with E-state index in [4.69, 9.17) is 19.7 Å². The van der Waals surface area contributed by atoms with Crippen molar-refractivity contribution < 1.29 is 24.8 Å². The van der Waals surface area contributed by atoms with Crippen LogP contribution < -0.4 is 0 Å². The quantitative estimate of drug-likeness (QED) is 0.671. The highest BCUT2D eigenvalue weighted by atomic mass is 16.5. The highest BCUT2D eigenvalue weighted by Gasteiger charge is 2.17. The maximum atomic E-state index is 9.63. The van der Waals surface area contributed by atoms with Crippen LogP contribution in [0.1, 0.15) is 31.9 Å². The highest BCUT2D eigenvalue weighted by Crippen LogP contribution is 2.30. The molecule has 0 aliphatic heterocycles. The Hall–Kier alpha value is -1.14. The van der Waals surface area contributed by atoms with Crippen LogP contribution in [0.5, 0.6) is 5.75 Å². The zero-order chi connectivity index (χ0) is 17.0. The van der Waals surface area contributed by atoms with Crippen LogP contribution in [-0.2, 0) is 14.9 Å². The Balaban J connectivity index is 0.000000409. The van der Waals surface area contributed by atoms with Gasteiger partial charge in [-0.1, -0.05) is 32.9 Å². The number of hydrogen-bond donors (Lipinski definition) is 3. The van der Waals surface area contributed by atoms with Crippen LogP contribution in [-0.4, -0.2) is 55.0 Å². The number of ether oxygens (including phenoxy) is 2. The summed E-state index contributed by atoms with van der Waals surface area (Å²) in [7, 11) is 0. The summed E-state index contributed by atoms with van der Waals surface area (Å²) in [6.07, 6.45) is 0. The van der Waals surface area contributed by atoms with E-state index in [1.807, 2.05) is 19.1 Å². The zero-order valence-corrected chi connectivity index (χ0v) is 14.1. The van der Waals surface area contributed by atoms with E-state index in [2.05, 4.69) is 20.8 Å². The second-order valence-corrected chi connectivity index (χ2v) is 5.94. The van der Waals surface area contributed by atoms with Gasteiger partial charge in [-0.25, -0.2) is 0 Å². The average molecular weight is 314 g/mol. The Labute approximate surface area is 133 Å². The van der Waals surface area contributed by atoms with Gasteiger partial charge < -0.3 is 24.8 Å². The monoisotopic (exact) mass is 314 g/mol. The molecular weight excluding hydrogens is 284 g/mol. The predicted octanol–water partition coefficient (Wildman–Crippen LogP) is 2.00. The van der Waals surface area contributed by atoms with Crippen molar-refractivity contribution in [3.63, 3.8) is 0 Å². The summed E-state index contributed by atoms with van der Waals surface area (Å²) >= 11 is 0. The van der Waals surface area contributed by atoms with E-state index in [0.29, 0.717) is 32.2 Å². The van der Waals surface area contributed by atoms with Gasteiger partial charge in [-0.3, -0.25) is 0 Å². The summed E-state index contributed by atoms with van der Waals surface area (Å²) in [6.45, 7) is 9.99. The number of phenolic OH excluding ortho intramolecular Hbond substituents is 1. The summed E-state index contributed by atoms with van der Waals surface area (Å²) in [5.41, 5.74) is 2.13. The lowest BCUT2D eigenvalue weighted by molar-refractivity contribution is 0.0222. The Morgan fingerprint density at radius 2 is 1.41 bits per heavy atom. The molecule has 1 rings (SSSR count). The topological polar surface area (TPSA) is 79.2 Å². The first kappa shape index (κ1) is 20.9. The second kappa shape index (κ2) is 11.4. The van der Waals surface area contributed by atoms with Crippen LogP contribution in [0.15, 0.2) is 18.2 Å². The van der Waals surface area contributed by atoms with Crippen molar-refractivity contribution in [3.8, 4) is 5.75 Å². The number of phenols is 1. The summed E-state index contributed by atoms with van der Waals surface area (Å²) in [4.78, 5) is 0. The zero-order valence-electron chi connectivity index (χ0n) is 14.1. The molecule has 5 nitrogen and oxygen atoms in total. The van der Waals surface area contributed by atoms with Gasteiger partial charge in [-0.2, -0.15) is 0 Å². The largest absolute Gasteiger partial charge is 0.508 e. The third-order valence-corrected chi connectivity index (χ3v) is 2.80. The SMILES string of the molecule is Cc1ccc(C(C)(C)C)c(O)c1.OCCOCCOCCO. The number of rotatable bonds is 7. The first-order valence-corrected chi connectivity index (χ1v) is 7.50. The molecule has 0 bridgehead atoms. The maximum Gasteiger partial charge on any atom is 0.119 e. The van der Waals surface area contributed by atoms with E-state index in [1.165, 1.54) is 0 Å². The van der Waals surface area contributed by atoms with Crippen LogP contribution in [0.2, 0.25) is 0 Å². The first-order valence-electron chi connectivity index (χ1n) is 7.50.